The van der Waals surface area contributed by atoms with Crippen LogP contribution in [0.5, 0.6) is 0 Å². The van der Waals surface area contributed by atoms with Gasteiger partial charge in [-0.05, 0) is 43.5 Å². The van der Waals surface area contributed by atoms with Crippen molar-refractivity contribution in [3.63, 3.8) is 0 Å². The van der Waals surface area contributed by atoms with Gasteiger partial charge in [0.05, 0.1) is 18.3 Å². The van der Waals surface area contributed by atoms with Crippen LogP contribution in [0.1, 0.15) is 24.1 Å². The summed E-state index contributed by atoms with van der Waals surface area (Å²) in [5.41, 5.74) is 1.77. The van der Waals surface area contributed by atoms with Crippen molar-refractivity contribution in [2.75, 3.05) is 19.6 Å². The summed E-state index contributed by atoms with van der Waals surface area (Å²) in [7, 11) is 0. The molecule has 0 radical (unpaired) electrons. The molecular weight excluding hydrogens is 394 g/mol. The van der Waals surface area contributed by atoms with E-state index in [0.717, 1.165) is 24.9 Å². The number of aromatic nitrogens is 1. The summed E-state index contributed by atoms with van der Waals surface area (Å²) in [6.07, 6.45) is 3.91. The van der Waals surface area contributed by atoms with Crippen LogP contribution in [0.25, 0.3) is 0 Å². The average Bonchev–Trinajstić information content (AvgIpc) is 2.81. The lowest BCUT2D eigenvalue weighted by atomic mass is 9.93. The highest BCUT2D eigenvalue weighted by molar-refractivity contribution is 6.01. The number of rotatable bonds is 7. The van der Waals surface area contributed by atoms with E-state index in [1.807, 2.05) is 36.4 Å². The van der Waals surface area contributed by atoms with Crippen molar-refractivity contribution in [1.29, 1.82) is 0 Å². The Morgan fingerprint density at radius 2 is 1.94 bits per heavy atom. The van der Waals surface area contributed by atoms with Gasteiger partial charge < -0.3 is 15.5 Å². The minimum absolute atomic E-state index is 0.0670. The number of benzene rings is 1. The number of amides is 4. The van der Waals surface area contributed by atoms with Crippen LogP contribution in [0.3, 0.4) is 0 Å². The Hall–Kier alpha value is -3.26. The van der Waals surface area contributed by atoms with Gasteiger partial charge in [-0.15, -0.1) is 0 Å². The van der Waals surface area contributed by atoms with Gasteiger partial charge in [-0.2, -0.15) is 0 Å². The van der Waals surface area contributed by atoms with Gasteiger partial charge in [0.1, 0.15) is 12.6 Å². The second-order valence-corrected chi connectivity index (χ2v) is 7.88. The molecule has 0 saturated carbocycles. The molecule has 2 aromatic rings. The highest BCUT2D eigenvalue weighted by atomic mass is 16.2. The number of fused-ring (bicyclic) bond motifs is 1. The van der Waals surface area contributed by atoms with E-state index >= 15 is 0 Å². The number of nitrogens with one attached hydrogen (secondary N) is 2. The number of carbonyl (C=O) groups excluding carboxylic acids is 3. The van der Waals surface area contributed by atoms with Gasteiger partial charge in [-0.3, -0.25) is 19.5 Å². The second-order valence-electron chi connectivity index (χ2n) is 7.88. The highest BCUT2D eigenvalue weighted by Gasteiger charge is 2.47. The van der Waals surface area contributed by atoms with Crippen LogP contribution in [-0.4, -0.2) is 64.3 Å². The maximum Gasteiger partial charge on any atom is 0.327 e. The lowest BCUT2D eigenvalue weighted by molar-refractivity contribution is -0.139. The van der Waals surface area contributed by atoms with E-state index in [-0.39, 0.29) is 30.9 Å². The first-order chi connectivity index (χ1) is 15.1. The minimum atomic E-state index is -0.493. The molecule has 4 rings (SSSR count). The Morgan fingerprint density at radius 3 is 2.71 bits per heavy atom. The topological polar surface area (TPSA) is 94.6 Å². The molecule has 4 amide bonds. The first kappa shape index (κ1) is 21.0. The number of pyridine rings is 1. The minimum Gasteiger partial charge on any atom is -0.354 e. The predicted octanol–water partition coefficient (Wildman–Crippen LogP) is 1.33. The molecule has 2 unspecified atom stereocenters. The van der Waals surface area contributed by atoms with Gasteiger partial charge in [0, 0.05) is 12.7 Å². The molecule has 0 spiro atoms. The van der Waals surface area contributed by atoms with Crippen LogP contribution in [-0.2, 0) is 22.6 Å². The third kappa shape index (κ3) is 4.91. The molecule has 2 N–H and O–H groups in total. The zero-order chi connectivity index (χ0) is 21.6. The van der Waals surface area contributed by atoms with E-state index in [4.69, 9.17) is 0 Å². The molecule has 8 nitrogen and oxygen atoms in total. The summed E-state index contributed by atoms with van der Waals surface area (Å²) >= 11 is 0. The van der Waals surface area contributed by atoms with Crippen molar-refractivity contribution in [3.8, 4) is 0 Å². The molecule has 1 aromatic carbocycles. The molecule has 3 heterocycles. The Kier molecular flexibility index (Phi) is 6.57. The summed E-state index contributed by atoms with van der Waals surface area (Å²) in [5, 5.41) is 6.14. The number of urea groups is 1. The van der Waals surface area contributed by atoms with Gasteiger partial charge in [0.2, 0.25) is 11.8 Å². The Morgan fingerprint density at radius 1 is 1.13 bits per heavy atom. The largest absolute Gasteiger partial charge is 0.354 e. The molecule has 2 aliphatic rings. The molecule has 2 saturated heterocycles. The van der Waals surface area contributed by atoms with Crippen LogP contribution in [0, 0.1) is 0 Å². The molecule has 1 aromatic heterocycles. The van der Waals surface area contributed by atoms with E-state index in [1.165, 1.54) is 4.90 Å². The number of carbonyl (C=O) groups is 3. The Bertz CT molecular complexity index is 921. The van der Waals surface area contributed by atoms with Crippen LogP contribution >= 0.6 is 0 Å². The van der Waals surface area contributed by atoms with Gasteiger partial charge >= 0.3 is 6.03 Å². The summed E-state index contributed by atoms with van der Waals surface area (Å²) in [5.74, 6) is -0.471. The van der Waals surface area contributed by atoms with E-state index in [0.29, 0.717) is 18.7 Å². The number of nitrogens with zero attached hydrogens (tertiary/aromatic N) is 3. The van der Waals surface area contributed by atoms with Crippen LogP contribution in [0.4, 0.5) is 4.79 Å². The van der Waals surface area contributed by atoms with Crippen LogP contribution < -0.4 is 10.6 Å². The lowest BCUT2D eigenvalue weighted by Crippen LogP contribution is -2.70. The number of imide groups is 1. The standard InChI is InChI=1S/C23H27N5O3/c29-20(25-14-11-17-7-2-1-3-8-17)16-27-19-10-6-13-26-21(19)22(30)28(23(27)31)15-18-9-4-5-12-24-18/h1-5,7-9,12,19,21,26H,6,10-11,13-16H2,(H,25,29). The number of hydrogen-bond acceptors (Lipinski definition) is 5. The fraction of sp³-hybridized carbons (Fsp3) is 0.391. The van der Waals surface area contributed by atoms with E-state index in [2.05, 4.69) is 15.6 Å². The van der Waals surface area contributed by atoms with Gasteiger partial charge in [0.15, 0.2) is 0 Å². The smallest absolute Gasteiger partial charge is 0.327 e. The normalized spacial score (nSPS) is 21.0. The summed E-state index contributed by atoms with van der Waals surface area (Å²) in [6.45, 7) is 1.24. The first-order valence-corrected chi connectivity index (χ1v) is 10.7. The van der Waals surface area contributed by atoms with Crippen molar-refractivity contribution in [1.82, 2.24) is 25.4 Å². The number of piperidine rings is 1. The monoisotopic (exact) mass is 421 g/mol. The third-order valence-electron chi connectivity index (χ3n) is 5.77. The summed E-state index contributed by atoms with van der Waals surface area (Å²) in [4.78, 5) is 45.9. The van der Waals surface area contributed by atoms with Crippen molar-refractivity contribution >= 4 is 17.8 Å². The molecule has 0 aliphatic carbocycles. The molecule has 2 aliphatic heterocycles. The van der Waals surface area contributed by atoms with Gasteiger partial charge in [-0.25, -0.2) is 4.79 Å². The van der Waals surface area contributed by atoms with Gasteiger partial charge in [-0.1, -0.05) is 36.4 Å². The molecule has 8 heteroatoms. The Balaban J connectivity index is 1.43. The van der Waals surface area contributed by atoms with E-state index in [9.17, 15) is 14.4 Å². The molecular formula is C23H27N5O3. The van der Waals surface area contributed by atoms with E-state index < -0.39 is 12.1 Å². The third-order valence-corrected chi connectivity index (χ3v) is 5.77. The lowest BCUT2D eigenvalue weighted by Gasteiger charge is -2.46. The fourth-order valence-corrected chi connectivity index (χ4v) is 4.20. The average molecular weight is 422 g/mol. The SMILES string of the molecule is O=C(CN1C(=O)N(Cc2ccccn2)C(=O)C2NCCCC21)NCCc1ccccc1. The first-order valence-electron chi connectivity index (χ1n) is 10.7. The number of hydrogen-bond donors (Lipinski definition) is 2. The zero-order valence-electron chi connectivity index (χ0n) is 17.4. The maximum atomic E-state index is 13.2. The fourth-order valence-electron chi connectivity index (χ4n) is 4.20. The van der Waals surface area contributed by atoms with Crippen molar-refractivity contribution in [2.24, 2.45) is 0 Å². The van der Waals surface area contributed by atoms with Gasteiger partial charge in [0.25, 0.3) is 0 Å². The van der Waals surface area contributed by atoms with Crippen molar-refractivity contribution < 1.29 is 14.4 Å². The zero-order valence-corrected chi connectivity index (χ0v) is 17.4. The maximum absolute atomic E-state index is 13.2. The van der Waals surface area contributed by atoms with Crippen LogP contribution in [0.15, 0.2) is 54.7 Å². The molecule has 2 atom stereocenters. The quantitative estimate of drug-likeness (QED) is 0.703. The summed E-state index contributed by atoms with van der Waals surface area (Å²) < 4.78 is 0. The molecule has 31 heavy (non-hydrogen) atoms. The van der Waals surface area contributed by atoms with E-state index in [1.54, 1.807) is 23.2 Å². The highest BCUT2D eigenvalue weighted by Crippen LogP contribution is 2.25. The van der Waals surface area contributed by atoms with Crippen molar-refractivity contribution in [2.45, 2.75) is 37.9 Å². The summed E-state index contributed by atoms with van der Waals surface area (Å²) in [6, 6.07) is 14.1. The molecule has 162 valence electrons. The Labute approximate surface area is 181 Å². The molecule has 2 fully saturated rings. The van der Waals surface area contributed by atoms with Crippen LogP contribution in [0.2, 0.25) is 0 Å². The second kappa shape index (κ2) is 9.70. The molecule has 0 bridgehead atoms. The van der Waals surface area contributed by atoms with Crippen molar-refractivity contribution in [3.05, 3.63) is 66.0 Å². The predicted molar refractivity (Wildman–Crippen MR) is 115 cm³/mol.